The van der Waals surface area contributed by atoms with Crippen LogP contribution >= 0.6 is 11.6 Å². The number of nitrogens with one attached hydrogen (secondary N) is 2. The number of rotatable bonds is 3. The van der Waals surface area contributed by atoms with Crippen LogP contribution in [0.25, 0.3) is 0 Å². The van der Waals surface area contributed by atoms with Gasteiger partial charge in [-0.1, -0.05) is 11.6 Å². The number of aromatic nitrogens is 2. The Bertz CT molecular complexity index is 379. The lowest BCUT2D eigenvalue weighted by Crippen LogP contribution is -2.31. The van der Waals surface area contributed by atoms with Gasteiger partial charge in [-0.3, -0.25) is 9.78 Å². The minimum Gasteiger partial charge on any atom is -0.350 e. The zero-order valence-corrected chi connectivity index (χ0v) is 9.50. The van der Waals surface area contributed by atoms with Crippen LogP contribution in [-0.2, 0) is 11.3 Å². The number of hydrogen-bond acceptors (Lipinski definition) is 4. The molecule has 0 saturated carbocycles. The topological polar surface area (TPSA) is 66.9 Å². The lowest BCUT2D eigenvalue weighted by Gasteiger charge is -2.09. The molecule has 1 amide bonds. The van der Waals surface area contributed by atoms with Crippen LogP contribution < -0.4 is 10.6 Å². The number of amides is 1. The van der Waals surface area contributed by atoms with E-state index in [-0.39, 0.29) is 11.8 Å². The highest BCUT2D eigenvalue weighted by atomic mass is 35.5. The van der Waals surface area contributed by atoms with Gasteiger partial charge in [-0.25, -0.2) is 4.98 Å². The molecule has 86 valence electrons. The van der Waals surface area contributed by atoms with E-state index in [0.29, 0.717) is 17.4 Å². The molecule has 1 atom stereocenters. The molecule has 2 heterocycles. The Morgan fingerprint density at radius 3 is 3.06 bits per heavy atom. The van der Waals surface area contributed by atoms with E-state index in [0.717, 1.165) is 19.5 Å². The van der Waals surface area contributed by atoms with Gasteiger partial charge in [0.25, 0.3) is 0 Å². The van der Waals surface area contributed by atoms with Gasteiger partial charge in [0.15, 0.2) is 5.15 Å². The van der Waals surface area contributed by atoms with Crippen molar-refractivity contribution < 1.29 is 4.79 Å². The first-order valence-electron chi connectivity index (χ1n) is 5.21. The Kier molecular flexibility index (Phi) is 3.69. The SMILES string of the molecule is O=C(NCc1nccnc1Cl)[C@H]1CCNC1. The molecule has 0 aliphatic carbocycles. The third kappa shape index (κ3) is 2.68. The lowest BCUT2D eigenvalue weighted by molar-refractivity contribution is -0.124. The minimum absolute atomic E-state index is 0.0479. The predicted octanol–water partition coefficient (Wildman–Crippen LogP) is 0.356. The molecule has 2 N–H and O–H groups in total. The van der Waals surface area contributed by atoms with Crippen LogP contribution in [0.3, 0.4) is 0 Å². The second-order valence-electron chi connectivity index (χ2n) is 3.70. The number of carbonyl (C=O) groups is 1. The molecule has 1 aliphatic heterocycles. The molecule has 16 heavy (non-hydrogen) atoms. The molecule has 1 fully saturated rings. The maximum Gasteiger partial charge on any atom is 0.224 e. The number of carbonyl (C=O) groups excluding carboxylic acids is 1. The molecule has 0 aromatic carbocycles. The van der Waals surface area contributed by atoms with Crippen LogP contribution in [-0.4, -0.2) is 29.0 Å². The number of nitrogens with zero attached hydrogens (tertiary/aromatic N) is 2. The molecule has 2 rings (SSSR count). The summed E-state index contributed by atoms with van der Waals surface area (Å²) in [6.45, 7) is 1.99. The molecule has 0 radical (unpaired) electrons. The van der Waals surface area contributed by atoms with Crippen molar-refractivity contribution in [2.75, 3.05) is 13.1 Å². The van der Waals surface area contributed by atoms with E-state index in [2.05, 4.69) is 20.6 Å². The molecule has 0 spiro atoms. The van der Waals surface area contributed by atoms with Crippen LogP contribution in [0.2, 0.25) is 5.15 Å². The number of hydrogen-bond donors (Lipinski definition) is 2. The highest BCUT2D eigenvalue weighted by molar-refractivity contribution is 6.29. The summed E-state index contributed by atoms with van der Waals surface area (Å²) in [6.07, 6.45) is 3.97. The minimum atomic E-state index is 0.0479. The molecule has 0 unspecified atom stereocenters. The third-order valence-corrected chi connectivity index (χ3v) is 2.90. The fourth-order valence-electron chi connectivity index (χ4n) is 1.66. The van der Waals surface area contributed by atoms with E-state index in [1.54, 1.807) is 6.20 Å². The first kappa shape index (κ1) is 11.3. The highest BCUT2D eigenvalue weighted by Crippen LogP contribution is 2.10. The third-order valence-electron chi connectivity index (χ3n) is 2.58. The van der Waals surface area contributed by atoms with Crippen LogP contribution in [0.4, 0.5) is 0 Å². The Labute approximate surface area is 98.6 Å². The monoisotopic (exact) mass is 240 g/mol. The van der Waals surface area contributed by atoms with E-state index in [9.17, 15) is 4.79 Å². The van der Waals surface area contributed by atoms with Gasteiger partial charge in [0.05, 0.1) is 18.2 Å². The molecular weight excluding hydrogens is 228 g/mol. The summed E-state index contributed by atoms with van der Waals surface area (Å²) in [5.41, 5.74) is 0.600. The van der Waals surface area contributed by atoms with E-state index in [1.165, 1.54) is 6.20 Å². The summed E-state index contributed by atoms with van der Waals surface area (Å²) in [5, 5.41) is 6.30. The number of halogens is 1. The van der Waals surface area contributed by atoms with Crippen molar-refractivity contribution in [3.63, 3.8) is 0 Å². The quantitative estimate of drug-likeness (QED) is 0.801. The summed E-state index contributed by atoms with van der Waals surface area (Å²) in [4.78, 5) is 19.6. The molecule has 1 aromatic rings. The van der Waals surface area contributed by atoms with Crippen LogP contribution in [0.1, 0.15) is 12.1 Å². The molecular formula is C10H13ClN4O. The van der Waals surface area contributed by atoms with Crippen LogP contribution in [0, 0.1) is 5.92 Å². The van der Waals surface area contributed by atoms with Crippen LogP contribution in [0.15, 0.2) is 12.4 Å². The lowest BCUT2D eigenvalue weighted by atomic mass is 10.1. The largest absolute Gasteiger partial charge is 0.350 e. The van der Waals surface area contributed by atoms with Gasteiger partial charge in [0, 0.05) is 18.9 Å². The van der Waals surface area contributed by atoms with Crippen molar-refractivity contribution in [1.82, 2.24) is 20.6 Å². The molecule has 1 saturated heterocycles. The Morgan fingerprint density at radius 1 is 1.56 bits per heavy atom. The first-order valence-corrected chi connectivity index (χ1v) is 5.59. The molecule has 1 aromatic heterocycles. The average Bonchev–Trinajstić information content (AvgIpc) is 2.81. The van der Waals surface area contributed by atoms with E-state index in [4.69, 9.17) is 11.6 Å². The normalized spacial score (nSPS) is 19.7. The fraction of sp³-hybridized carbons (Fsp3) is 0.500. The van der Waals surface area contributed by atoms with Crippen molar-refractivity contribution in [3.05, 3.63) is 23.2 Å². The first-order chi connectivity index (χ1) is 7.77. The van der Waals surface area contributed by atoms with Crippen LogP contribution in [0.5, 0.6) is 0 Å². The maximum absolute atomic E-state index is 11.7. The standard InChI is InChI=1S/C10H13ClN4O/c11-9-8(13-3-4-14-9)6-15-10(16)7-1-2-12-5-7/h3-4,7,12H,1-2,5-6H2,(H,15,16)/t7-/m0/s1. The zero-order valence-electron chi connectivity index (χ0n) is 8.74. The molecule has 0 bridgehead atoms. The van der Waals surface area contributed by atoms with Gasteiger partial charge in [-0.2, -0.15) is 0 Å². The zero-order chi connectivity index (χ0) is 11.4. The highest BCUT2D eigenvalue weighted by Gasteiger charge is 2.22. The average molecular weight is 241 g/mol. The Balaban J connectivity index is 1.87. The maximum atomic E-state index is 11.7. The molecule has 1 aliphatic rings. The van der Waals surface area contributed by atoms with Crippen molar-refractivity contribution >= 4 is 17.5 Å². The van der Waals surface area contributed by atoms with Gasteiger partial charge in [0.1, 0.15) is 0 Å². The smallest absolute Gasteiger partial charge is 0.224 e. The summed E-state index contributed by atoms with van der Waals surface area (Å²) in [5.74, 6) is 0.113. The summed E-state index contributed by atoms with van der Waals surface area (Å²) in [6, 6.07) is 0. The van der Waals surface area contributed by atoms with Crippen molar-refractivity contribution in [1.29, 1.82) is 0 Å². The van der Waals surface area contributed by atoms with Gasteiger partial charge in [0.2, 0.25) is 5.91 Å². The van der Waals surface area contributed by atoms with Gasteiger partial charge >= 0.3 is 0 Å². The van der Waals surface area contributed by atoms with Gasteiger partial charge in [-0.05, 0) is 13.0 Å². The second-order valence-corrected chi connectivity index (χ2v) is 4.06. The predicted molar refractivity (Wildman–Crippen MR) is 59.9 cm³/mol. The van der Waals surface area contributed by atoms with Crippen molar-refractivity contribution in [2.24, 2.45) is 5.92 Å². The molecule has 6 heteroatoms. The van der Waals surface area contributed by atoms with Gasteiger partial charge in [-0.15, -0.1) is 0 Å². The molecule has 5 nitrogen and oxygen atoms in total. The van der Waals surface area contributed by atoms with Crippen molar-refractivity contribution in [3.8, 4) is 0 Å². The Morgan fingerprint density at radius 2 is 2.38 bits per heavy atom. The van der Waals surface area contributed by atoms with E-state index < -0.39 is 0 Å². The summed E-state index contributed by atoms with van der Waals surface area (Å²) in [7, 11) is 0. The summed E-state index contributed by atoms with van der Waals surface area (Å²) >= 11 is 5.83. The second kappa shape index (κ2) is 5.23. The fourth-order valence-corrected chi connectivity index (χ4v) is 1.83. The summed E-state index contributed by atoms with van der Waals surface area (Å²) < 4.78 is 0. The van der Waals surface area contributed by atoms with E-state index in [1.807, 2.05) is 0 Å². The van der Waals surface area contributed by atoms with Gasteiger partial charge < -0.3 is 10.6 Å². The Hall–Kier alpha value is -1.20. The van der Waals surface area contributed by atoms with Crippen molar-refractivity contribution in [2.45, 2.75) is 13.0 Å². The van der Waals surface area contributed by atoms with E-state index >= 15 is 0 Å².